The third kappa shape index (κ3) is 5.92. The Labute approximate surface area is 193 Å². The van der Waals surface area contributed by atoms with Crippen LogP contribution in [0.3, 0.4) is 0 Å². The van der Waals surface area contributed by atoms with Crippen LogP contribution < -0.4 is 5.32 Å². The highest BCUT2D eigenvalue weighted by molar-refractivity contribution is 5.82. The van der Waals surface area contributed by atoms with E-state index in [1.54, 1.807) is 0 Å². The summed E-state index contributed by atoms with van der Waals surface area (Å²) in [5, 5.41) is 11.8. The van der Waals surface area contributed by atoms with Crippen LogP contribution in [-0.4, -0.2) is 53.7 Å². The summed E-state index contributed by atoms with van der Waals surface area (Å²) in [6.45, 7) is 1.53. The van der Waals surface area contributed by atoms with Crippen molar-refractivity contribution < 1.29 is 24.2 Å². The molecule has 33 heavy (non-hydrogen) atoms. The van der Waals surface area contributed by atoms with Crippen LogP contribution >= 0.6 is 0 Å². The Morgan fingerprint density at radius 2 is 1.73 bits per heavy atom. The van der Waals surface area contributed by atoms with Crippen LogP contribution in [0.2, 0.25) is 0 Å². The molecule has 3 rings (SSSR count). The number of nitrogens with zero attached hydrogens (tertiary/aromatic N) is 1. The Morgan fingerprint density at radius 1 is 1.12 bits per heavy atom. The van der Waals surface area contributed by atoms with Gasteiger partial charge in [0.25, 0.3) is 0 Å². The van der Waals surface area contributed by atoms with Crippen LogP contribution in [0.15, 0.2) is 48.5 Å². The molecule has 0 heterocycles. The van der Waals surface area contributed by atoms with Crippen molar-refractivity contribution in [3.8, 4) is 23.5 Å². The zero-order valence-corrected chi connectivity index (χ0v) is 18.6. The van der Waals surface area contributed by atoms with Gasteiger partial charge in [-0.3, -0.25) is 9.59 Å². The minimum atomic E-state index is -1.14. The van der Waals surface area contributed by atoms with Crippen LogP contribution in [0.4, 0.5) is 4.79 Å². The molecule has 1 atom stereocenters. The molecule has 0 saturated heterocycles. The fourth-order valence-electron chi connectivity index (χ4n) is 4.23. The highest BCUT2D eigenvalue weighted by atomic mass is 16.5. The van der Waals surface area contributed by atoms with Gasteiger partial charge in [-0.15, -0.1) is 6.42 Å². The van der Waals surface area contributed by atoms with Gasteiger partial charge in [0.1, 0.15) is 13.2 Å². The molecule has 0 saturated carbocycles. The van der Waals surface area contributed by atoms with E-state index in [2.05, 4.69) is 23.4 Å². The standard InChI is InChI=1S/C26H28N2O5/c1-3-9-18(15-24(29)28(14-4-2)16-25(30)31)27-26(32)33-17-23-21-12-7-5-10-19(21)20-11-6-8-13-22(20)23/h2,5-8,10-13,18,23H,3,9,14-17H2,1H3,(H,27,32)(H,30,31)/t18-/m0/s1. The number of amides is 2. The lowest BCUT2D eigenvalue weighted by Crippen LogP contribution is -2.42. The van der Waals surface area contributed by atoms with Crippen LogP contribution in [0.1, 0.15) is 43.2 Å². The van der Waals surface area contributed by atoms with E-state index >= 15 is 0 Å². The third-order valence-electron chi connectivity index (χ3n) is 5.68. The van der Waals surface area contributed by atoms with Crippen LogP contribution in [0, 0.1) is 12.3 Å². The molecular formula is C26H28N2O5. The van der Waals surface area contributed by atoms with Gasteiger partial charge in [-0.1, -0.05) is 67.8 Å². The van der Waals surface area contributed by atoms with Gasteiger partial charge < -0.3 is 20.1 Å². The number of alkyl carbamates (subject to hydrolysis) is 1. The quantitative estimate of drug-likeness (QED) is 0.541. The summed E-state index contributed by atoms with van der Waals surface area (Å²) in [4.78, 5) is 37.2. The number of carbonyl (C=O) groups excluding carboxylic acids is 2. The van der Waals surface area contributed by atoms with Gasteiger partial charge in [-0.25, -0.2) is 4.79 Å². The number of aliphatic carboxylic acids is 1. The summed E-state index contributed by atoms with van der Waals surface area (Å²) in [6.07, 6.45) is 5.88. The SMILES string of the molecule is C#CCN(CC(=O)O)C(=O)C[C@H](CCC)NC(=O)OCC1c2ccccc2-c2ccccc21. The average molecular weight is 449 g/mol. The van der Waals surface area contributed by atoms with Gasteiger partial charge >= 0.3 is 12.1 Å². The molecule has 7 heteroatoms. The smallest absolute Gasteiger partial charge is 0.407 e. The number of fused-ring (bicyclic) bond motifs is 3. The Bertz CT molecular complexity index is 1010. The summed E-state index contributed by atoms with van der Waals surface area (Å²) in [6, 6.07) is 15.7. The maximum atomic E-state index is 12.6. The first-order valence-corrected chi connectivity index (χ1v) is 11.0. The molecule has 0 bridgehead atoms. The molecule has 7 nitrogen and oxygen atoms in total. The Kier molecular flexibility index (Phi) is 8.09. The molecule has 1 aliphatic rings. The van der Waals surface area contributed by atoms with Gasteiger partial charge in [0.05, 0.1) is 6.54 Å². The summed E-state index contributed by atoms with van der Waals surface area (Å²) < 4.78 is 5.57. The zero-order valence-electron chi connectivity index (χ0n) is 18.6. The van der Waals surface area contributed by atoms with E-state index in [1.807, 2.05) is 43.3 Å². The first-order valence-electron chi connectivity index (χ1n) is 11.0. The first kappa shape index (κ1) is 23.9. The number of terminal acetylenes is 1. The van der Waals surface area contributed by atoms with Gasteiger partial charge in [0.2, 0.25) is 5.91 Å². The molecule has 0 radical (unpaired) electrons. The van der Waals surface area contributed by atoms with Gasteiger partial charge in [0, 0.05) is 18.4 Å². The van der Waals surface area contributed by atoms with Crippen molar-refractivity contribution in [1.82, 2.24) is 10.2 Å². The number of ether oxygens (including phenoxy) is 1. The molecule has 172 valence electrons. The van der Waals surface area contributed by atoms with Crippen molar-refractivity contribution in [2.45, 2.75) is 38.1 Å². The lowest BCUT2D eigenvalue weighted by molar-refractivity contribution is -0.144. The summed E-state index contributed by atoms with van der Waals surface area (Å²) >= 11 is 0. The second-order valence-electron chi connectivity index (χ2n) is 8.01. The van der Waals surface area contributed by atoms with E-state index in [1.165, 1.54) is 0 Å². The predicted molar refractivity (Wildman–Crippen MR) is 125 cm³/mol. The van der Waals surface area contributed by atoms with Crippen molar-refractivity contribution in [3.05, 3.63) is 59.7 Å². The number of benzene rings is 2. The van der Waals surface area contributed by atoms with E-state index in [-0.39, 0.29) is 25.5 Å². The average Bonchev–Trinajstić information content (AvgIpc) is 3.11. The number of carboxylic acids is 1. The molecule has 1 aliphatic carbocycles. The molecule has 2 aromatic carbocycles. The van der Waals surface area contributed by atoms with Crippen LogP contribution in [0.5, 0.6) is 0 Å². The molecule has 0 unspecified atom stereocenters. The van der Waals surface area contributed by atoms with E-state index < -0.39 is 30.6 Å². The van der Waals surface area contributed by atoms with Crippen molar-refractivity contribution in [2.24, 2.45) is 0 Å². The van der Waals surface area contributed by atoms with Crippen LogP contribution in [-0.2, 0) is 14.3 Å². The highest BCUT2D eigenvalue weighted by Gasteiger charge is 2.29. The van der Waals surface area contributed by atoms with Crippen molar-refractivity contribution >= 4 is 18.0 Å². The maximum absolute atomic E-state index is 12.6. The van der Waals surface area contributed by atoms with Crippen molar-refractivity contribution in [1.29, 1.82) is 0 Å². The number of rotatable bonds is 10. The Balaban J connectivity index is 1.62. The molecule has 0 fully saturated rings. The fraction of sp³-hybridized carbons (Fsp3) is 0.346. The number of hydrogen-bond donors (Lipinski definition) is 2. The first-order chi connectivity index (χ1) is 15.9. The normalized spacial score (nSPS) is 12.7. The number of carboxylic acid groups (broad SMARTS) is 1. The fourth-order valence-corrected chi connectivity index (χ4v) is 4.23. The zero-order chi connectivity index (χ0) is 23.8. The molecule has 2 aromatic rings. The number of carbonyl (C=O) groups is 3. The minimum absolute atomic E-state index is 0.0486. The van der Waals surface area contributed by atoms with Gasteiger partial charge in [0.15, 0.2) is 0 Å². The van der Waals surface area contributed by atoms with Crippen LogP contribution in [0.25, 0.3) is 11.1 Å². The minimum Gasteiger partial charge on any atom is -0.480 e. The summed E-state index contributed by atoms with van der Waals surface area (Å²) in [5.41, 5.74) is 4.52. The predicted octanol–water partition coefficient (Wildman–Crippen LogP) is 3.63. The topological polar surface area (TPSA) is 95.9 Å². The molecule has 2 amide bonds. The Morgan fingerprint density at radius 3 is 2.27 bits per heavy atom. The van der Waals surface area contributed by atoms with Crippen molar-refractivity contribution in [3.63, 3.8) is 0 Å². The molecule has 0 aromatic heterocycles. The van der Waals surface area contributed by atoms with E-state index in [9.17, 15) is 14.4 Å². The van der Waals surface area contributed by atoms with E-state index in [0.29, 0.717) is 6.42 Å². The van der Waals surface area contributed by atoms with E-state index in [0.717, 1.165) is 33.6 Å². The lowest BCUT2D eigenvalue weighted by Gasteiger charge is -2.23. The third-order valence-corrected chi connectivity index (χ3v) is 5.68. The van der Waals surface area contributed by atoms with Gasteiger partial charge in [-0.2, -0.15) is 0 Å². The molecule has 2 N–H and O–H groups in total. The van der Waals surface area contributed by atoms with Gasteiger partial charge in [-0.05, 0) is 28.7 Å². The van der Waals surface area contributed by atoms with E-state index in [4.69, 9.17) is 16.3 Å². The second kappa shape index (κ2) is 11.2. The number of hydrogen-bond acceptors (Lipinski definition) is 4. The summed E-state index contributed by atoms with van der Waals surface area (Å²) in [7, 11) is 0. The maximum Gasteiger partial charge on any atom is 0.407 e. The molecule has 0 spiro atoms. The lowest BCUT2D eigenvalue weighted by atomic mass is 9.98. The number of nitrogens with one attached hydrogen (secondary N) is 1. The molecular weight excluding hydrogens is 420 g/mol. The Hall–Kier alpha value is -3.79. The summed E-state index contributed by atoms with van der Waals surface area (Å²) in [5.74, 6) is 0.672. The second-order valence-corrected chi connectivity index (χ2v) is 8.01. The monoisotopic (exact) mass is 448 g/mol. The van der Waals surface area contributed by atoms with Crippen molar-refractivity contribution in [2.75, 3.05) is 19.7 Å². The largest absolute Gasteiger partial charge is 0.480 e. The highest BCUT2D eigenvalue weighted by Crippen LogP contribution is 2.44. The molecule has 0 aliphatic heterocycles.